The van der Waals surface area contributed by atoms with Crippen LogP contribution in [0, 0.1) is 6.57 Å². The van der Waals surface area contributed by atoms with Gasteiger partial charge in [-0.2, -0.15) is 0 Å². The second-order valence-corrected chi connectivity index (χ2v) is 19.8. The largest absolute Gasteiger partial charge is 0.475 e. The van der Waals surface area contributed by atoms with Crippen LogP contribution in [0.1, 0.15) is 118 Å². The van der Waals surface area contributed by atoms with E-state index in [1.54, 1.807) is 6.92 Å². The summed E-state index contributed by atoms with van der Waals surface area (Å²) in [6, 6.07) is 0. The smallest absolute Gasteiger partial charge is 0.455 e. The van der Waals surface area contributed by atoms with Crippen LogP contribution in [0.15, 0.2) is 0 Å². The van der Waals surface area contributed by atoms with E-state index in [-0.39, 0.29) is 58.7 Å². The predicted molar refractivity (Wildman–Crippen MR) is 241 cm³/mol. The normalized spacial score (nSPS) is 24.3. The van der Waals surface area contributed by atoms with E-state index in [0.29, 0.717) is 43.1 Å². The molecule has 0 aromatic heterocycles. The number of methoxy groups -OCH3 is 2. The number of esters is 4. The first-order valence-electron chi connectivity index (χ1n) is 23.2. The van der Waals surface area contributed by atoms with Crippen LogP contribution in [-0.4, -0.2) is 164 Å². The summed E-state index contributed by atoms with van der Waals surface area (Å²) < 4.78 is 96.3. The monoisotopic (exact) mass is 1010 g/mol. The fourth-order valence-corrected chi connectivity index (χ4v) is 7.99. The van der Waals surface area contributed by atoms with Crippen molar-refractivity contribution in [2.24, 2.45) is 0 Å². The molecule has 1 N–H and O–H groups in total. The molecule has 0 aliphatic carbocycles. The van der Waals surface area contributed by atoms with E-state index in [2.05, 4.69) is 4.85 Å². The number of hydrogen-bond acceptors (Lipinski definition) is 19. The van der Waals surface area contributed by atoms with Gasteiger partial charge in [0, 0.05) is 39.9 Å². The maximum absolute atomic E-state index is 13.3. The van der Waals surface area contributed by atoms with E-state index in [1.165, 1.54) is 14.2 Å². The Morgan fingerprint density at radius 3 is 1.31 bits per heavy atom. The van der Waals surface area contributed by atoms with Gasteiger partial charge < -0.3 is 52.1 Å². The molecule has 2 aliphatic heterocycles. The fraction of sp³-hybridized carbons (Fsp3) is 0.884. The number of carbonyl (C=O) groups excluding carboxylic acids is 4. The Kier molecular flexibility index (Phi) is 31.5. The van der Waals surface area contributed by atoms with Crippen LogP contribution in [0.25, 0.3) is 4.85 Å². The fourth-order valence-electron chi connectivity index (χ4n) is 6.01. The molecule has 24 heteroatoms. The van der Waals surface area contributed by atoms with Gasteiger partial charge in [0.25, 0.3) is 0 Å². The number of rotatable bonds is 34. The zero-order chi connectivity index (χ0) is 50.5. The van der Waals surface area contributed by atoms with Crippen molar-refractivity contribution in [1.29, 1.82) is 0 Å². The Hall–Kier alpha value is -2.61. The molecule has 0 aromatic carbocycles. The highest BCUT2D eigenvalue weighted by atomic mass is 31.2. The molecule has 2 rings (SSSR count). The van der Waals surface area contributed by atoms with Gasteiger partial charge in [-0.3, -0.25) is 41.8 Å². The lowest BCUT2D eigenvalue weighted by molar-refractivity contribution is -0.870. The molecule has 390 valence electrons. The molecule has 0 amide bonds. The molecule has 0 spiro atoms. The van der Waals surface area contributed by atoms with E-state index in [0.717, 1.165) is 25.7 Å². The zero-order valence-corrected chi connectivity index (χ0v) is 43.0. The summed E-state index contributed by atoms with van der Waals surface area (Å²) in [6.07, 6.45) is -1.02. The Morgan fingerprint density at radius 1 is 0.567 bits per heavy atom. The SMILES string of the molecule is CCCCC(=O)O[C@@H]1C(COP(=O)(O)OCCC)OC(OC)[C@@H]1OC(=O)CCCC.[C-]#[N+]CCOP(=O)(OCC[N+](C)(C)C)OCC1OC(OC)[C@H](OC(=O)CCCC)[C@@H]1OC(=O)CCCC. The molecule has 2 heterocycles. The van der Waals surface area contributed by atoms with Gasteiger partial charge in [0.2, 0.25) is 6.54 Å². The summed E-state index contributed by atoms with van der Waals surface area (Å²) >= 11 is 0. The van der Waals surface area contributed by atoms with Crippen molar-refractivity contribution in [3.63, 3.8) is 0 Å². The Bertz CT molecular complexity index is 1580. The average molecular weight is 1010 g/mol. The molecule has 22 nitrogen and oxygen atoms in total. The number of phosphoric acid groups is 2. The Labute approximate surface area is 397 Å². The number of carbonyl (C=O) groups is 4. The summed E-state index contributed by atoms with van der Waals surface area (Å²) in [5.41, 5.74) is 0. The van der Waals surface area contributed by atoms with E-state index in [1.807, 2.05) is 48.8 Å². The molecular formula is C43H79N2O20P2+. The first kappa shape index (κ1) is 62.4. The molecule has 10 atom stereocenters. The molecule has 6 unspecified atom stereocenters. The van der Waals surface area contributed by atoms with E-state index in [4.69, 9.17) is 67.1 Å². The van der Waals surface area contributed by atoms with E-state index >= 15 is 0 Å². The lowest BCUT2D eigenvalue weighted by atomic mass is 10.1. The minimum atomic E-state index is -4.30. The molecule has 0 saturated carbocycles. The van der Waals surface area contributed by atoms with Gasteiger partial charge >= 0.3 is 39.5 Å². The summed E-state index contributed by atoms with van der Waals surface area (Å²) in [5, 5.41) is 0. The number of phosphoric ester groups is 2. The van der Waals surface area contributed by atoms with Crippen molar-refractivity contribution < 1.29 is 98.2 Å². The molecule has 0 radical (unpaired) electrons. The third-order valence-electron chi connectivity index (χ3n) is 9.73. The van der Waals surface area contributed by atoms with Gasteiger partial charge in [0.05, 0.1) is 41.0 Å². The molecule has 0 aromatic rings. The minimum absolute atomic E-state index is 0.0226. The molecule has 67 heavy (non-hydrogen) atoms. The van der Waals surface area contributed by atoms with Crippen molar-refractivity contribution in [1.82, 2.24) is 0 Å². The van der Waals surface area contributed by atoms with Gasteiger partial charge in [-0.15, -0.1) is 0 Å². The highest BCUT2D eigenvalue weighted by Crippen LogP contribution is 2.50. The Balaban J connectivity index is 0.000000685. The molecule has 2 saturated heterocycles. The zero-order valence-electron chi connectivity index (χ0n) is 41.3. The average Bonchev–Trinajstić information content (AvgIpc) is 3.78. The van der Waals surface area contributed by atoms with Gasteiger partial charge in [-0.05, 0) is 32.1 Å². The van der Waals surface area contributed by atoms with Crippen LogP contribution in [0.3, 0.4) is 0 Å². The molecule has 2 fully saturated rings. The van der Waals surface area contributed by atoms with Crippen LogP contribution in [-0.2, 0) is 88.8 Å². The van der Waals surface area contributed by atoms with Crippen LogP contribution in [0.5, 0.6) is 0 Å². The number of likely N-dealkylation sites (N-methyl/N-ethyl adjacent to an activating group) is 1. The summed E-state index contributed by atoms with van der Waals surface area (Å²) in [7, 11) is 0.210. The van der Waals surface area contributed by atoms with Crippen LogP contribution >= 0.6 is 15.6 Å². The predicted octanol–water partition coefficient (Wildman–Crippen LogP) is 6.45. The van der Waals surface area contributed by atoms with Crippen LogP contribution < -0.4 is 0 Å². The van der Waals surface area contributed by atoms with Crippen molar-refractivity contribution >= 4 is 39.5 Å². The molecule has 0 bridgehead atoms. The van der Waals surface area contributed by atoms with Gasteiger partial charge in [-0.25, -0.2) is 15.7 Å². The van der Waals surface area contributed by atoms with Crippen LogP contribution in [0.2, 0.25) is 0 Å². The van der Waals surface area contributed by atoms with Gasteiger partial charge in [0.15, 0.2) is 37.0 Å². The maximum Gasteiger partial charge on any atom is 0.475 e. The third kappa shape index (κ3) is 25.7. The Morgan fingerprint density at radius 2 is 0.955 bits per heavy atom. The van der Waals surface area contributed by atoms with Gasteiger partial charge in [-0.1, -0.05) is 60.3 Å². The lowest BCUT2D eigenvalue weighted by Gasteiger charge is -2.26. The second-order valence-electron chi connectivity index (χ2n) is 16.7. The van der Waals surface area contributed by atoms with Crippen molar-refractivity contribution in [2.75, 3.05) is 81.5 Å². The second kappa shape index (κ2) is 33.8. The summed E-state index contributed by atoms with van der Waals surface area (Å²) in [4.78, 5) is 62.2. The standard InChI is InChI=1S/C24H44N2O10P.C19H35O10P/c1-8-10-12-20(27)35-22-19(34-24(30-7)23(22)36-21(28)13-11-9-2)18-33-37(29,31-16-14-25-3)32-17-15-26(4,5)6;1-5-8-10-15(20)28-17-14(13-26-30(22,23)25-12-7-3)27-19(24-4)18(17)29-16(21)11-9-6-2/h19,22-24H,8-18H2,1-2,4-7H3;14,17-19H,5-13H2,1-4H3,(H,22,23)/q+1;/t19?,22-,23-,24?,37?;14?,17-,18-,19?/m11/s1. The summed E-state index contributed by atoms with van der Waals surface area (Å²) in [6.45, 7) is 16.2. The third-order valence-corrected chi connectivity index (χ3v) is 12.2. The van der Waals surface area contributed by atoms with Crippen molar-refractivity contribution in [3.8, 4) is 0 Å². The highest BCUT2D eigenvalue weighted by Gasteiger charge is 2.52. The molecular weight excluding hydrogens is 926 g/mol. The number of nitrogens with zero attached hydrogens (tertiary/aromatic N) is 2. The molecule has 2 aliphatic rings. The lowest BCUT2D eigenvalue weighted by Crippen LogP contribution is -2.42. The number of hydrogen-bond donors (Lipinski definition) is 1. The minimum Gasteiger partial charge on any atom is -0.455 e. The van der Waals surface area contributed by atoms with Crippen molar-refractivity contribution in [2.45, 2.75) is 167 Å². The van der Waals surface area contributed by atoms with Crippen LogP contribution in [0.4, 0.5) is 0 Å². The number of ether oxygens (including phenoxy) is 8. The number of quaternary nitrogens is 1. The highest BCUT2D eigenvalue weighted by molar-refractivity contribution is 7.48. The first-order valence-corrected chi connectivity index (χ1v) is 26.1. The topological polar surface area (TPSA) is 247 Å². The first-order chi connectivity index (χ1) is 31.8. The van der Waals surface area contributed by atoms with Crippen molar-refractivity contribution in [3.05, 3.63) is 11.4 Å². The maximum atomic E-state index is 13.3. The quantitative estimate of drug-likeness (QED) is 0.0182. The number of unbranched alkanes of at least 4 members (excludes halogenated alkanes) is 4. The van der Waals surface area contributed by atoms with Gasteiger partial charge in [0.1, 0.15) is 32.0 Å². The van der Waals surface area contributed by atoms with E-state index < -0.39 is 95.3 Å². The van der Waals surface area contributed by atoms with E-state index in [9.17, 15) is 33.2 Å². The summed E-state index contributed by atoms with van der Waals surface area (Å²) in [5.74, 6) is -1.91.